The maximum absolute atomic E-state index is 12.6. The molecule has 0 aromatic rings. The number of ether oxygens (including phenoxy) is 1. The Morgan fingerprint density at radius 1 is 1.40 bits per heavy atom. The van der Waals surface area contributed by atoms with Crippen LogP contribution in [0.25, 0.3) is 0 Å². The molecule has 1 amide bonds. The number of amides is 1. The molecule has 1 unspecified atom stereocenters. The molecule has 0 aromatic carbocycles. The third kappa shape index (κ3) is 2.53. The molecule has 3 rings (SSSR count). The predicted molar refractivity (Wildman–Crippen MR) is 73.6 cm³/mol. The minimum atomic E-state index is -0.148. The standard InChI is InChI=1S/C15H21N3O2/c1-11-14(3-2-8-20-11)15(19)17-6-7-18(12-4-5-12)13(9-16)10-17/h12-13H,2-8,10H2,1H3. The molecule has 0 radical (unpaired) electrons. The van der Waals surface area contributed by atoms with E-state index in [2.05, 4.69) is 11.0 Å². The van der Waals surface area contributed by atoms with Crippen LogP contribution >= 0.6 is 0 Å². The molecule has 5 nitrogen and oxygen atoms in total. The van der Waals surface area contributed by atoms with Crippen molar-refractivity contribution in [2.75, 3.05) is 26.2 Å². The molecule has 1 saturated carbocycles. The molecule has 1 aliphatic carbocycles. The predicted octanol–water partition coefficient (Wildman–Crippen LogP) is 1.27. The molecule has 2 heterocycles. The summed E-state index contributed by atoms with van der Waals surface area (Å²) >= 11 is 0. The molecule has 1 saturated heterocycles. The Bertz CT molecular complexity index is 476. The van der Waals surface area contributed by atoms with Crippen LogP contribution in [-0.4, -0.2) is 54.0 Å². The molecule has 0 aromatic heterocycles. The number of nitrogens with zero attached hydrogens (tertiary/aromatic N) is 3. The van der Waals surface area contributed by atoms with E-state index in [4.69, 9.17) is 4.74 Å². The summed E-state index contributed by atoms with van der Waals surface area (Å²) in [6, 6.07) is 2.79. The van der Waals surface area contributed by atoms with Crippen LogP contribution in [0.2, 0.25) is 0 Å². The van der Waals surface area contributed by atoms with Crippen molar-refractivity contribution in [2.24, 2.45) is 0 Å². The van der Waals surface area contributed by atoms with E-state index < -0.39 is 0 Å². The lowest BCUT2D eigenvalue weighted by Gasteiger charge is -2.39. The zero-order chi connectivity index (χ0) is 14.1. The van der Waals surface area contributed by atoms with Crippen molar-refractivity contribution in [3.8, 4) is 6.07 Å². The van der Waals surface area contributed by atoms with Crippen LogP contribution in [0.15, 0.2) is 11.3 Å². The van der Waals surface area contributed by atoms with Gasteiger partial charge in [-0.2, -0.15) is 5.26 Å². The summed E-state index contributed by atoms with van der Waals surface area (Å²) in [5.41, 5.74) is 0.799. The van der Waals surface area contributed by atoms with Gasteiger partial charge in [-0.1, -0.05) is 0 Å². The van der Waals surface area contributed by atoms with E-state index in [-0.39, 0.29) is 11.9 Å². The Labute approximate surface area is 119 Å². The summed E-state index contributed by atoms with van der Waals surface area (Å²) in [7, 11) is 0. The summed E-state index contributed by atoms with van der Waals surface area (Å²) in [5.74, 6) is 0.831. The van der Waals surface area contributed by atoms with E-state index in [9.17, 15) is 10.1 Å². The Balaban J connectivity index is 1.69. The van der Waals surface area contributed by atoms with E-state index >= 15 is 0 Å². The van der Waals surface area contributed by atoms with Gasteiger partial charge in [-0.15, -0.1) is 0 Å². The zero-order valence-electron chi connectivity index (χ0n) is 12.0. The van der Waals surface area contributed by atoms with Crippen molar-refractivity contribution in [3.63, 3.8) is 0 Å². The average molecular weight is 275 g/mol. The number of nitriles is 1. The third-order valence-electron chi connectivity index (χ3n) is 4.45. The highest BCUT2D eigenvalue weighted by atomic mass is 16.5. The number of rotatable bonds is 2. The molecule has 5 heteroatoms. The van der Waals surface area contributed by atoms with Crippen molar-refractivity contribution < 1.29 is 9.53 Å². The lowest BCUT2D eigenvalue weighted by molar-refractivity contribution is -0.130. The number of piperazine rings is 1. The Kier molecular flexibility index (Phi) is 3.66. The molecule has 1 atom stereocenters. The van der Waals surface area contributed by atoms with Gasteiger partial charge >= 0.3 is 0 Å². The number of hydrogen-bond acceptors (Lipinski definition) is 4. The molecular formula is C15H21N3O2. The van der Waals surface area contributed by atoms with Crippen LogP contribution in [0, 0.1) is 11.3 Å². The minimum Gasteiger partial charge on any atom is -0.498 e. The van der Waals surface area contributed by atoms with Gasteiger partial charge in [0, 0.05) is 25.7 Å². The van der Waals surface area contributed by atoms with E-state index in [0.29, 0.717) is 19.2 Å². The first kappa shape index (κ1) is 13.4. The normalized spacial score (nSPS) is 28.0. The van der Waals surface area contributed by atoms with E-state index in [1.807, 2.05) is 11.8 Å². The Morgan fingerprint density at radius 3 is 2.85 bits per heavy atom. The zero-order valence-corrected chi connectivity index (χ0v) is 12.0. The summed E-state index contributed by atoms with van der Waals surface area (Å²) in [4.78, 5) is 16.7. The van der Waals surface area contributed by atoms with Crippen LogP contribution < -0.4 is 0 Å². The topological polar surface area (TPSA) is 56.6 Å². The highest BCUT2D eigenvalue weighted by Crippen LogP contribution is 2.31. The first-order chi connectivity index (χ1) is 9.70. The Morgan fingerprint density at radius 2 is 2.20 bits per heavy atom. The van der Waals surface area contributed by atoms with Gasteiger partial charge in [-0.3, -0.25) is 9.69 Å². The molecule has 0 bridgehead atoms. The Hall–Kier alpha value is -1.54. The summed E-state index contributed by atoms with van der Waals surface area (Å²) in [6.07, 6.45) is 4.10. The largest absolute Gasteiger partial charge is 0.498 e. The molecule has 0 N–H and O–H groups in total. The van der Waals surface area contributed by atoms with Gasteiger partial charge in [0.25, 0.3) is 5.91 Å². The number of carbonyl (C=O) groups is 1. The van der Waals surface area contributed by atoms with Crippen LogP contribution in [0.5, 0.6) is 0 Å². The van der Waals surface area contributed by atoms with E-state index in [1.54, 1.807) is 0 Å². The number of carbonyl (C=O) groups excluding carboxylic acids is 1. The fourth-order valence-corrected chi connectivity index (χ4v) is 3.13. The SMILES string of the molecule is CC1=C(C(=O)N2CCN(C3CC3)C(C#N)C2)CCCO1. The van der Waals surface area contributed by atoms with Gasteiger partial charge in [0.15, 0.2) is 0 Å². The van der Waals surface area contributed by atoms with E-state index in [1.165, 1.54) is 12.8 Å². The minimum absolute atomic E-state index is 0.0675. The molecule has 108 valence electrons. The second-order valence-corrected chi connectivity index (χ2v) is 5.85. The lowest BCUT2D eigenvalue weighted by atomic mass is 10.0. The van der Waals surface area contributed by atoms with Crippen molar-refractivity contribution >= 4 is 5.91 Å². The lowest BCUT2D eigenvalue weighted by Crippen LogP contribution is -2.55. The molecule has 20 heavy (non-hydrogen) atoms. The summed E-state index contributed by atoms with van der Waals surface area (Å²) < 4.78 is 5.48. The molecule has 2 aliphatic heterocycles. The molecular weight excluding hydrogens is 254 g/mol. The fourth-order valence-electron chi connectivity index (χ4n) is 3.13. The molecule has 0 spiro atoms. The maximum Gasteiger partial charge on any atom is 0.253 e. The van der Waals surface area contributed by atoms with Crippen LogP contribution in [0.3, 0.4) is 0 Å². The monoisotopic (exact) mass is 275 g/mol. The van der Waals surface area contributed by atoms with Gasteiger partial charge in [0.05, 0.1) is 18.2 Å². The third-order valence-corrected chi connectivity index (χ3v) is 4.45. The van der Waals surface area contributed by atoms with Gasteiger partial charge in [0.1, 0.15) is 11.8 Å². The second kappa shape index (κ2) is 5.45. The van der Waals surface area contributed by atoms with Gasteiger partial charge < -0.3 is 9.64 Å². The second-order valence-electron chi connectivity index (χ2n) is 5.85. The quantitative estimate of drug-likeness (QED) is 0.761. The van der Waals surface area contributed by atoms with Crippen molar-refractivity contribution in [1.29, 1.82) is 5.26 Å². The highest BCUT2D eigenvalue weighted by molar-refractivity contribution is 5.94. The van der Waals surface area contributed by atoms with Crippen LogP contribution in [-0.2, 0) is 9.53 Å². The van der Waals surface area contributed by atoms with Gasteiger partial charge in [-0.05, 0) is 32.6 Å². The fraction of sp³-hybridized carbons (Fsp3) is 0.733. The number of allylic oxidation sites excluding steroid dienone is 1. The first-order valence-electron chi connectivity index (χ1n) is 7.48. The summed E-state index contributed by atoms with van der Waals surface area (Å²) in [6.45, 7) is 4.65. The first-order valence-corrected chi connectivity index (χ1v) is 7.48. The molecule has 2 fully saturated rings. The maximum atomic E-state index is 12.6. The van der Waals surface area contributed by atoms with Crippen LogP contribution in [0.4, 0.5) is 0 Å². The van der Waals surface area contributed by atoms with E-state index in [0.717, 1.165) is 37.3 Å². The number of hydrogen-bond donors (Lipinski definition) is 0. The van der Waals surface area contributed by atoms with Gasteiger partial charge in [-0.25, -0.2) is 0 Å². The highest BCUT2D eigenvalue weighted by Gasteiger charge is 2.39. The molecule has 3 aliphatic rings. The summed E-state index contributed by atoms with van der Waals surface area (Å²) in [5, 5.41) is 9.33. The van der Waals surface area contributed by atoms with Gasteiger partial charge in [0.2, 0.25) is 0 Å². The van der Waals surface area contributed by atoms with Crippen molar-refractivity contribution in [3.05, 3.63) is 11.3 Å². The average Bonchev–Trinajstić information content (AvgIpc) is 3.31. The van der Waals surface area contributed by atoms with Crippen LogP contribution in [0.1, 0.15) is 32.6 Å². The smallest absolute Gasteiger partial charge is 0.253 e. The van der Waals surface area contributed by atoms with Crippen molar-refractivity contribution in [1.82, 2.24) is 9.80 Å². The van der Waals surface area contributed by atoms with Crippen molar-refractivity contribution in [2.45, 2.75) is 44.7 Å².